The van der Waals surface area contributed by atoms with E-state index in [0.29, 0.717) is 30.4 Å². The average Bonchev–Trinajstić information content (AvgIpc) is 2.86. The van der Waals surface area contributed by atoms with Gasteiger partial charge in [0.05, 0.1) is 19.7 Å². The second-order valence-electron chi connectivity index (χ2n) is 8.49. The van der Waals surface area contributed by atoms with E-state index in [1.807, 2.05) is 36.4 Å². The summed E-state index contributed by atoms with van der Waals surface area (Å²) in [4.78, 5) is 4.46. The van der Waals surface area contributed by atoms with Crippen molar-refractivity contribution in [1.82, 2.24) is 4.98 Å². The van der Waals surface area contributed by atoms with Crippen LogP contribution < -0.4 is 24.3 Å². The average molecular weight is 473 g/mol. The number of para-hydroxylation sites is 1. The number of nitrogens with zero attached hydrogens (tertiary/aromatic N) is 1. The van der Waals surface area contributed by atoms with Gasteiger partial charge < -0.3 is 24.3 Å². The van der Waals surface area contributed by atoms with Crippen molar-refractivity contribution in [2.24, 2.45) is 0 Å². The van der Waals surface area contributed by atoms with Crippen molar-refractivity contribution < 1.29 is 18.9 Å². The van der Waals surface area contributed by atoms with Crippen LogP contribution in [-0.2, 0) is 0 Å². The lowest BCUT2D eigenvalue weighted by molar-refractivity contribution is 0.328. The molecule has 0 aliphatic rings. The van der Waals surface area contributed by atoms with Crippen LogP contribution in [0.5, 0.6) is 28.7 Å². The number of aryl methyl sites for hydroxylation is 2. The Kier molecular flexibility index (Phi) is 7.30. The van der Waals surface area contributed by atoms with E-state index in [4.69, 9.17) is 18.9 Å². The first-order valence-electron chi connectivity index (χ1n) is 11.6. The maximum absolute atomic E-state index is 6.35. The molecule has 0 saturated carbocycles. The van der Waals surface area contributed by atoms with Gasteiger partial charge >= 0.3 is 0 Å². The third kappa shape index (κ3) is 5.11. The number of hydrogen-bond donors (Lipinski definition) is 1. The van der Waals surface area contributed by atoms with E-state index < -0.39 is 0 Å². The minimum Gasteiger partial charge on any atom is -0.493 e. The minimum absolute atomic E-state index is 0.580. The van der Waals surface area contributed by atoms with Gasteiger partial charge in [-0.15, -0.1) is 0 Å². The van der Waals surface area contributed by atoms with Crippen LogP contribution in [0, 0.1) is 27.7 Å². The van der Waals surface area contributed by atoms with Gasteiger partial charge in [0.2, 0.25) is 0 Å². The third-order valence-electron chi connectivity index (χ3n) is 6.24. The van der Waals surface area contributed by atoms with Gasteiger partial charge in [-0.2, -0.15) is 0 Å². The molecule has 0 fully saturated rings. The number of methoxy groups -OCH3 is 2. The molecule has 0 spiro atoms. The summed E-state index contributed by atoms with van der Waals surface area (Å²) < 4.78 is 23.3. The number of ether oxygens (including phenoxy) is 4. The van der Waals surface area contributed by atoms with Crippen LogP contribution >= 0.6 is 0 Å². The van der Waals surface area contributed by atoms with Crippen LogP contribution in [0.2, 0.25) is 0 Å². The van der Waals surface area contributed by atoms with Gasteiger partial charge in [-0.25, -0.2) is 0 Å². The molecular formula is C29H32N2O4. The number of aromatic nitrogens is 1. The fourth-order valence-electron chi connectivity index (χ4n) is 4.12. The molecule has 4 rings (SSSR count). The lowest BCUT2D eigenvalue weighted by Gasteiger charge is -2.17. The first-order chi connectivity index (χ1) is 16.9. The highest BCUT2D eigenvalue weighted by Gasteiger charge is 2.14. The summed E-state index contributed by atoms with van der Waals surface area (Å²) >= 11 is 0. The van der Waals surface area contributed by atoms with Gasteiger partial charge in [0.25, 0.3) is 0 Å². The molecular weight excluding hydrogens is 440 g/mol. The summed E-state index contributed by atoms with van der Waals surface area (Å²) in [5.41, 5.74) is 6.34. The van der Waals surface area contributed by atoms with Crippen molar-refractivity contribution in [2.75, 3.05) is 32.7 Å². The lowest BCUT2D eigenvalue weighted by Crippen LogP contribution is -2.13. The summed E-state index contributed by atoms with van der Waals surface area (Å²) in [6.07, 6.45) is 1.73. The van der Waals surface area contributed by atoms with Crippen LogP contribution in [0.4, 0.5) is 5.69 Å². The van der Waals surface area contributed by atoms with Crippen LogP contribution in [0.15, 0.2) is 54.7 Å². The molecule has 0 atom stereocenters. The van der Waals surface area contributed by atoms with E-state index >= 15 is 0 Å². The zero-order chi connectivity index (χ0) is 24.9. The van der Waals surface area contributed by atoms with Crippen LogP contribution in [0.25, 0.3) is 10.9 Å². The highest BCUT2D eigenvalue weighted by atomic mass is 16.5. The predicted octanol–water partition coefficient (Wildman–Crippen LogP) is 6.77. The molecule has 0 amide bonds. The van der Waals surface area contributed by atoms with Gasteiger partial charge in [-0.05, 0) is 74.2 Å². The third-order valence-corrected chi connectivity index (χ3v) is 6.24. The summed E-state index contributed by atoms with van der Waals surface area (Å²) in [5, 5.41) is 4.35. The lowest BCUT2D eigenvalue weighted by atomic mass is 10.1. The Morgan fingerprint density at radius 1 is 0.771 bits per heavy atom. The van der Waals surface area contributed by atoms with Crippen LogP contribution in [0.3, 0.4) is 0 Å². The normalized spacial score (nSPS) is 10.8. The summed E-state index contributed by atoms with van der Waals surface area (Å²) in [7, 11) is 3.23. The smallest absolute Gasteiger partial charge is 0.162 e. The SMILES string of the molecule is COc1cc2nccc(Oc3ccc(NCCOc4c(C)cccc4C)c(C)c3C)c2cc1OC. The monoisotopic (exact) mass is 472 g/mol. The van der Waals surface area contributed by atoms with Crippen molar-refractivity contribution in [3.8, 4) is 28.7 Å². The Labute approximate surface area is 206 Å². The summed E-state index contributed by atoms with van der Waals surface area (Å²) in [5.74, 6) is 3.73. The maximum atomic E-state index is 6.35. The molecule has 0 aliphatic carbocycles. The van der Waals surface area contributed by atoms with E-state index in [1.54, 1.807) is 20.4 Å². The van der Waals surface area contributed by atoms with Gasteiger partial charge in [0.15, 0.2) is 11.5 Å². The zero-order valence-corrected chi connectivity index (χ0v) is 21.2. The van der Waals surface area contributed by atoms with E-state index in [0.717, 1.165) is 50.3 Å². The molecule has 6 heteroatoms. The zero-order valence-electron chi connectivity index (χ0n) is 21.2. The topological polar surface area (TPSA) is 61.8 Å². The van der Waals surface area contributed by atoms with Crippen molar-refractivity contribution >= 4 is 16.6 Å². The second kappa shape index (κ2) is 10.6. The highest BCUT2D eigenvalue weighted by Crippen LogP contribution is 2.38. The Balaban J connectivity index is 1.49. The molecule has 35 heavy (non-hydrogen) atoms. The molecule has 0 aliphatic heterocycles. The molecule has 4 aromatic rings. The molecule has 1 heterocycles. The van der Waals surface area contributed by atoms with E-state index in [9.17, 15) is 0 Å². The summed E-state index contributed by atoms with van der Waals surface area (Å²) in [6, 6.07) is 15.8. The first kappa shape index (κ1) is 24.2. The fourth-order valence-corrected chi connectivity index (χ4v) is 4.12. The number of benzene rings is 3. The van der Waals surface area contributed by atoms with Gasteiger partial charge in [-0.3, -0.25) is 4.98 Å². The maximum Gasteiger partial charge on any atom is 0.162 e. The molecule has 0 unspecified atom stereocenters. The molecule has 6 nitrogen and oxygen atoms in total. The minimum atomic E-state index is 0.580. The van der Waals surface area contributed by atoms with Gasteiger partial charge in [-0.1, -0.05) is 18.2 Å². The van der Waals surface area contributed by atoms with Crippen LogP contribution in [-0.4, -0.2) is 32.4 Å². The van der Waals surface area contributed by atoms with Crippen molar-refractivity contribution in [3.05, 3.63) is 77.0 Å². The Hall–Kier alpha value is -3.93. The number of anilines is 1. The van der Waals surface area contributed by atoms with E-state index in [1.165, 1.54) is 0 Å². The standard InChI is InChI=1S/C29H32N2O4/c1-18-8-7-9-19(2)29(18)34-15-14-31-23-10-11-25(21(4)20(23)3)35-26-12-13-30-24-17-28(33-6)27(32-5)16-22(24)26/h7-13,16-17,31H,14-15H2,1-6H3. The molecule has 0 radical (unpaired) electrons. The van der Waals surface area contributed by atoms with E-state index in [2.05, 4.69) is 50.1 Å². The van der Waals surface area contributed by atoms with Gasteiger partial charge in [0.1, 0.15) is 23.9 Å². The Morgan fingerprint density at radius 3 is 2.20 bits per heavy atom. The second-order valence-corrected chi connectivity index (χ2v) is 8.49. The Morgan fingerprint density at radius 2 is 1.49 bits per heavy atom. The van der Waals surface area contributed by atoms with Crippen LogP contribution in [0.1, 0.15) is 22.3 Å². The number of hydrogen-bond acceptors (Lipinski definition) is 6. The number of fused-ring (bicyclic) bond motifs is 1. The largest absolute Gasteiger partial charge is 0.493 e. The molecule has 1 N–H and O–H groups in total. The van der Waals surface area contributed by atoms with Gasteiger partial charge in [0, 0.05) is 29.9 Å². The van der Waals surface area contributed by atoms with Crippen molar-refractivity contribution in [1.29, 1.82) is 0 Å². The number of nitrogens with one attached hydrogen (secondary N) is 1. The molecule has 182 valence electrons. The Bertz CT molecular complexity index is 1330. The number of rotatable bonds is 9. The first-order valence-corrected chi connectivity index (χ1v) is 11.6. The quantitative estimate of drug-likeness (QED) is 0.271. The number of pyridine rings is 1. The van der Waals surface area contributed by atoms with E-state index in [-0.39, 0.29) is 0 Å². The molecule has 1 aromatic heterocycles. The molecule has 0 saturated heterocycles. The fraction of sp³-hybridized carbons (Fsp3) is 0.276. The van der Waals surface area contributed by atoms with Crippen molar-refractivity contribution in [3.63, 3.8) is 0 Å². The predicted molar refractivity (Wildman–Crippen MR) is 141 cm³/mol. The van der Waals surface area contributed by atoms with Crippen molar-refractivity contribution in [2.45, 2.75) is 27.7 Å². The highest BCUT2D eigenvalue weighted by molar-refractivity contribution is 5.88. The summed E-state index contributed by atoms with van der Waals surface area (Å²) in [6.45, 7) is 9.58. The molecule has 3 aromatic carbocycles. The molecule has 0 bridgehead atoms.